The van der Waals surface area contributed by atoms with Crippen LogP contribution in [0.15, 0.2) is 24.3 Å². The standard InChI is InChI=1S/C22H29FN4O/c1-4-5-6-10-20(28)26-11-13-27(14-12-26)22-16(2)17(3)24-21(25-22)18-8-7-9-19(23)15-18/h7-9,15H,4-6,10-14H2,1-3H3. The zero-order valence-electron chi connectivity index (χ0n) is 17.0. The number of anilines is 1. The number of unbranched alkanes of at least 4 members (excludes halogenated alkanes) is 2. The van der Waals surface area contributed by atoms with Gasteiger partial charge in [-0.25, -0.2) is 14.4 Å². The van der Waals surface area contributed by atoms with Crippen molar-refractivity contribution in [3.05, 3.63) is 41.3 Å². The van der Waals surface area contributed by atoms with Crippen LogP contribution in [0.1, 0.15) is 43.9 Å². The molecule has 0 saturated carbocycles. The lowest BCUT2D eigenvalue weighted by Gasteiger charge is -2.36. The van der Waals surface area contributed by atoms with E-state index in [2.05, 4.69) is 16.8 Å². The summed E-state index contributed by atoms with van der Waals surface area (Å²) in [5, 5.41) is 0. The van der Waals surface area contributed by atoms with Crippen LogP contribution in [0.5, 0.6) is 0 Å². The smallest absolute Gasteiger partial charge is 0.222 e. The molecule has 28 heavy (non-hydrogen) atoms. The normalized spacial score (nSPS) is 14.4. The fourth-order valence-electron chi connectivity index (χ4n) is 3.53. The summed E-state index contributed by atoms with van der Waals surface area (Å²) in [5.41, 5.74) is 2.60. The Labute approximate surface area is 166 Å². The highest BCUT2D eigenvalue weighted by Crippen LogP contribution is 2.26. The zero-order valence-corrected chi connectivity index (χ0v) is 17.0. The van der Waals surface area contributed by atoms with E-state index in [1.165, 1.54) is 12.1 Å². The highest BCUT2D eigenvalue weighted by atomic mass is 19.1. The van der Waals surface area contributed by atoms with Crippen LogP contribution < -0.4 is 4.90 Å². The Morgan fingerprint density at radius 2 is 1.86 bits per heavy atom. The molecule has 6 heteroatoms. The molecule has 0 N–H and O–H groups in total. The summed E-state index contributed by atoms with van der Waals surface area (Å²) in [6.45, 7) is 9.04. The number of carbonyl (C=O) groups excluding carboxylic acids is 1. The van der Waals surface area contributed by atoms with Crippen LogP contribution in [-0.4, -0.2) is 47.0 Å². The monoisotopic (exact) mass is 384 g/mol. The number of carbonyl (C=O) groups is 1. The van der Waals surface area contributed by atoms with Gasteiger partial charge in [-0.3, -0.25) is 4.79 Å². The third-order valence-corrected chi connectivity index (χ3v) is 5.37. The minimum atomic E-state index is -0.295. The molecule has 1 saturated heterocycles. The van der Waals surface area contributed by atoms with Gasteiger partial charge in [-0.1, -0.05) is 31.9 Å². The van der Waals surface area contributed by atoms with Crippen molar-refractivity contribution >= 4 is 11.7 Å². The van der Waals surface area contributed by atoms with Gasteiger partial charge < -0.3 is 9.80 Å². The van der Waals surface area contributed by atoms with Gasteiger partial charge in [0, 0.05) is 49.4 Å². The van der Waals surface area contributed by atoms with Gasteiger partial charge in [0.15, 0.2) is 5.82 Å². The fraction of sp³-hybridized carbons (Fsp3) is 0.500. The van der Waals surface area contributed by atoms with Gasteiger partial charge in [0.25, 0.3) is 0 Å². The number of nitrogens with zero attached hydrogens (tertiary/aromatic N) is 4. The SMILES string of the molecule is CCCCCC(=O)N1CCN(c2nc(-c3cccc(F)c3)nc(C)c2C)CC1. The second kappa shape index (κ2) is 9.13. The lowest BCUT2D eigenvalue weighted by atomic mass is 10.1. The van der Waals surface area contributed by atoms with Crippen LogP contribution in [-0.2, 0) is 4.79 Å². The highest BCUT2D eigenvalue weighted by Gasteiger charge is 2.23. The first-order valence-electron chi connectivity index (χ1n) is 10.1. The third kappa shape index (κ3) is 4.66. The molecule has 1 aromatic carbocycles. The molecule has 1 fully saturated rings. The number of piperazine rings is 1. The van der Waals surface area contributed by atoms with Crippen molar-refractivity contribution in [3.63, 3.8) is 0 Å². The van der Waals surface area contributed by atoms with E-state index in [0.717, 1.165) is 49.4 Å². The van der Waals surface area contributed by atoms with E-state index < -0.39 is 0 Å². The molecular weight excluding hydrogens is 355 g/mol. The molecule has 1 aliphatic rings. The minimum Gasteiger partial charge on any atom is -0.353 e. The van der Waals surface area contributed by atoms with Crippen molar-refractivity contribution < 1.29 is 9.18 Å². The topological polar surface area (TPSA) is 49.3 Å². The van der Waals surface area contributed by atoms with E-state index in [1.54, 1.807) is 6.07 Å². The van der Waals surface area contributed by atoms with Gasteiger partial charge in [-0.2, -0.15) is 0 Å². The Balaban J connectivity index is 1.73. The molecule has 5 nitrogen and oxygen atoms in total. The largest absolute Gasteiger partial charge is 0.353 e. The van der Waals surface area contributed by atoms with Crippen LogP contribution in [0.25, 0.3) is 11.4 Å². The predicted octanol–water partition coefficient (Wildman–Crippen LogP) is 4.13. The van der Waals surface area contributed by atoms with Gasteiger partial charge in [0.05, 0.1) is 0 Å². The van der Waals surface area contributed by atoms with E-state index in [1.807, 2.05) is 24.8 Å². The van der Waals surface area contributed by atoms with Crippen LogP contribution in [0, 0.1) is 19.7 Å². The lowest BCUT2D eigenvalue weighted by Crippen LogP contribution is -2.49. The molecule has 3 rings (SSSR count). The average Bonchev–Trinajstić information content (AvgIpc) is 2.70. The first kappa shape index (κ1) is 20.2. The van der Waals surface area contributed by atoms with Crippen LogP contribution in [0.2, 0.25) is 0 Å². The van der Waals surface area contributed by atoms with Crippen LogP contribution in [0.3, 0.4) is 0 Å². The summed E-state index contributed by atoms with van der Waals surface area (Å²) in [7, 11) is 0. The van der Waals surface area contributed by atoms with Gasteiger partial charge in [-0.05, 0) is 32.4 Å². The summed E-state index contributed by atoms with van der Waals surface area (Å²) >= 11 is 0. The molecule has 1 amide bonds. The quantitative estimate of drug-likeness (QED) is 0.703. The maximum atomic E-state index is 13.6. The van der Waals surface area contributed by atoms with Crippen molar-refractivity contribution in [2.45, 2.75) is 46.5 Å². The summed E-state index contributed by atoms with van der Waals surface area (Å²) < 4.78 is 13.6. The molecule has 0 unspecified atom stereocenters. The Bertz CT molecular complexity index is 831. The molecule has 2 heterocycles. The van der Waals surface area contributed by atoms with Crippen molar-refractivity contribution in [1.29, 1.82) is 0 Å². The zero-order chi connectivity index (χ0) is 20.1. The number of halogens is 1. The number of benzene rings is 1. The number of aryl methyl sites for hydroxylation is 1. The molecule has 0 bridgehead atoms. The second-order valence-electron chi connectivity index (χ2n) is 7.42. The number of aromatic nitrogens is 2. The number of rotatable bonds is 6. The van der Waals surface area contributed by atoms with Crippen molar-refractivity contribution in [2.24, 2.45) is 0 Å². The number of hydrogen-bond donors (Lipinski definition) is 0. The minimum absolute atomic E-state index is 0.254. The van der Waals surface area contributed by atoms with Gasteiger partial charge in [0.2, 0.25) is 5.91 Å². The Hall–Kier alpha value is -2.50. The second-order valence-corrected chi connectivity index (χ2v) is 7.42. The van der Waals surface area contributed by atoms with Crippen molar-refractivity contribution in [1.82, 2.24) is 14.9 Å². The van der Waals surface area contributed by atoms with E-state index >= 15 is 0 Å². The molecule has 0 radical (unpaired) electrons. The summed E-state index contributed by atoms with van der Waals surface area (Å²) in [4.78, 5) is 25.8. The lowest BCUT2D eigenvalue weighted by molar-refractivity contribution is -0.131. The summed E-state index contributed by atoms with van der Waals surface area (Å²) in [5.74, 6) is 1.38. The molecule has 2 aromatic rings. The fourth-order valence-corrected chi connectivity index (χ4v) is 3.53. The molecule has 150 valence electrons. The van der Waals surface area contributed by atoms with E-state index in [9.17, 15) is 9.18 Å². The molecule has 0 atom stereocenters. The summed E-state index contributed by atoms with van der Waals surface area (Å²) in [6.07, 6.45) is 3.84. The van der Waals surface area contributed by atoms with Crippen molar-refractivity contribution in [3.8, 4) is 11.4 Å². The highest BCUT2D eigenvalue weighted by molar-refractivity contribution is 5.76. The first-order valence-corrected chi connectivity index (χ1v) is 10.1. The first-order chi connectivity index (χ1) is 13.5. The number of amides is 1. The third-order valence-electron chi connectivity index (χ3n) is 5.37. The number of hydrogen-bond acceptors (Lipinski definition) is 4. The van der Waals surface area contributed by atoms with E-state index in [-0.39, 0.29) is 11.7 Å². The molecule has 1 aromatic heterocycles. The van der Waals surface area contributed by atoms with Gasteiger partial charge in [0.1, 0.15) is 11.6 Å². The van der Waals surface area contributed by atoms with Crippen LogP contribution in [0.4, 0.5) is 10.2 Å². The maximum absolute atomic E-state index is 13.6. The Morgan fingerprint density at radius 3 is 2.54 bits per heavy atom. The molecular formula is C22H29FN4O. The van der Waals surface area contributed by atoms with E-state index in [4.69, 9.17) is 4.98 Å². The molecule has 1 aliphatic heterocycles. The molecule has 0 aliphatic carbocycles. The van der Waals surface area contributed by atoms with Gasteiger partial charge in [-0.15, -0.1) is 0 Å². The van der Waals surface area contributed by atoms with Crippen LogP contribution >= 0.6 is 0 Å². The summed E-state index contributed by atoms with van der Waals surface area (Å²) in [6, 6.07) is 6.37. The maximum Gasteiger partial charge on any atom is 0.222 e. The predicted molar refractivity (Wildman–Crippen MR) is 110 cm³/mol. The van der Waals surface area contributed by atoms with Crippen molar-refractivity contribution in [2.75, 3.05) is 31.1 Å². The van der Waals surface area contributed by atoms with E-state index in [0.29, 0.717) is 30.9 Å². The average molecular weight is 384 g/mol. The Kier molecular flexibility index (Phi) is 6.60. The molecule has 0 spiro atoms. The Morgan fingerprint density at radius 1 is 1.11 bits per heavy atom. The van der Waals surface area contributed by atoms with Gasteiger partial charge >= 0.3 is 0 Å².